The standard InChI is InChI=1S/C7H10F5NO2S/c8-4-1-5(9)3-6(2-4)13-16(14,15)7(10,11)12/h4-6,13H,1-3H2. The number of alkyl halides is 5. The van der Waals surface area contributed by atoms with Crippen LogP contribution in [0.5, 0.6) is 0 Å². The lowest BCUT2D eigenvalue weighted by atomic mass is 9.93. The first-order valence-electron chi connectivity index (χ1n) is 4.48. The van der Waals surface area contributed by atoms with Crippen LogP contribution in [-0.4, -0.2) is 32.3 Å². The molecule has 0 radical (unpaired) electrons. The molecule has 9 heteroatoms. The van der Waals surface area contributed by atoms with E-state index in [1.807, 2.05) is 0 Å². The van der Waals surface area contributed by atoms with Gasteiger partial charge in [0.25, 0.3) is 0 Å². The third-order valence-electron chi connectivity index (χ3n) is 2.22. The lowest BCUT2D eigenvalue weighted by Gasteiger charge is -2.27. The predicted octanol–water partition coefficient (Wildman–Crippen LogP) is 1.65. The molecule has 3 nitrogen and oxygen atoms in total. The monoisotopic (exact) mass is 267 g/mol. The molecule has 2 atom stereocenters. The molecule has 0 saturated heterocycles. The van der Waals surface area contributed by atoms with E-state index in [2.05, 4.69) is 0 Å². The van der Waals surface area contributed by atoms with Gasteiger partial charge in [-0.25, -0.2) is 21.9 Å². The minimum absolute atomic E-state index is 0.399. The summed E-state index contributed by atoms with van der Waals surface area (Å²) in [6.45, 7) is 0. The third kappa shape index (κ3) is 3.27. The molecule has 0 heterocycles. The molecular weight excluding hydrogens is 257 g/mol. The van der Waals surface area contributed by atoms with E-state index in [0.29, 0.717) is 0 Å². The molecule has 16 heavy (non-hydrogen) atoms. The van der Waals surface area contributed by atoms with Crippen molar-refractivity contribution < 1.29 is 30.4 Å². The molecular formula is C7H10F5NO2S. The van der Waals surface area contributed by atoms with E-state index >= 15 is 0 Å². The lowest BCUT2D eigenvalue weighted by molar-refractivity contribution is -0.0455. The van der Waals surface area contributed by atoms with Crippen LogP contribution in [0, 0.1) is 0 Å². The van der Waals surface area contributed by atoms with Gasteiger partial charge in [-0.3, -0.25) is 0 Å². The summed E-state index contributed by atoms with van der Waals surface area (Å²) in [6, 6.07) is -1.34. The maximum Gasteiger partial charge on any atom is 0.511 e. The van der Waals surface area contributed by atoms with Crippen LogP contribution in [0.15, 0.2) is 0 Å². The van der Waals surface area contributed by atoms with Crippen LogP contribution in [0.3, 0.4) is 0 Å². The highest BCUT2D eigenvalue weighted by Gasteiger charge is 2.47. The molecule has 1 aliphatic carbocycles. The van der Waals surface area contributed by atoms with Gasteiger partial charge < -0.3 is 0 Å². The molecule has 0 aromatic carbocycles. The van der Waals surface area contributed by atoms with Crippen molar-refractivity contribution in [2.45, 2.75) is 43.2 Å². The summed E-state index contributed by atoms with van der Waals surface area (Å²) in [5, 5.41) is 0. The molecule has 1 fully saturated rings. The summed E-state index contributed by atoms with van der Waals surface area (Å²) < 4.78 is 84.0. The zero-order valence-corrected chi connectivity index (χ0v) is 8.78. The van der Waals surface area contributed by atoms with Gasteiger partial charge in [0, 0.05) is 12.5 Å². The molecule has 1 N–H and O–H groups in total. The van der Waals surface area contributed by atoms with Crippen LogP contribution in [0.25, 0.3) is 0 Å². The second-order valence-corrected chi connectivity index (χ2v) is 5.37. The Morgan fingerprint density at radius 1 is 1.00 bits per heavy atom. The number of halogens is 5. The Labute approximate surface area is 89.1 Å². The Balaban J connectivity index is 2.68. The highest BCUT2D eigenvalue weighted by molar-refractivity contribution is 7.90. The average Bonchev–Trinajstić information content (AvgIpc) is 1.97. The topological polar surface area (TPSA) is 46.2 Å². The fraction of sp³-hybridized carbons (Fsp3) is 1.00. The van der Waals surface area contributed by atoms with Gasteiger partial charge in [-0.05, 0) is 12.8 Å². The van der Waals surface area contributed by atoms with E-state index in [4.69, 9.17) is 0 Å². The lowest BCUT2D eigenvalue weighted by Crippen LogP contribution is -2.46. The van der Waals surface area contributed by atoms with Gasteiger partial charge >= 0.3 is 15.5 Å². The first kappa shape index (κ1) is 13.6. The van der Waals surface area contributed by atoms with E-state index in [9.17, 15) is 30.4 Å². The van der Waals surface area contributed by atoms with Crippen molar-refractivity contribution in [3.8, 4) is 0 Å². The van der Waals surface area contributed by atoms with E-state index < -0.39 is 53.2 Å². The number of hydrogen-bond acceptors (Lipinski definition) is 2. The molecule has 96 valence electrons. The Bertz CT molecular complexity index is 331. The highest BCUT2D eigenvalue weighted by Crippen LogP contribution is 2.27. The van der Waals surface area contributed by atoms with Gasteiger partial charge in [-0.15, -0.1) is 0 Å². The number of hydrogen-bond donors (Lipinski definition) is 1. The molecule has 0 bridgehead atoms. The molecule has 1 rings (SSSR count). The Hall–Kier alpha value is -0.440. The van der Waals surface area contributed by atoms with Crippen LogP contribution in [0.1, 0.15) is 19.3 Å². The Morgan fingerprint density at radius 2 is 1.44 bits per heavy atom. The van der Waals surface area contributed by atoms with Crippen LogP contribution in [0.2, 0.25) is 0 Å². The first-order valence-corrected chi connectivity index (χ1v) is 5.97. The molecule has 2 unspecified atom stereocenters. The van der Waals surface area contributed by atoms with Crippen molar-refractivity contribution in [2.24, 2.45) is 0 Å². The smallest absolute Gasteiger partial charge is 0.247 e. The van der Waals surface area contributed by atoms with Crippen molar-refractivity contribution in [2.75, 3.05) is 0 Å². The molecule has 1 saturated carbocycles. The maximum absolute atomic E-state index is 12.8. The molecule has 0 aromatic rings. The van der Waals surface area contributed by atoms with Crippen LogP contribution in [0.4, 0.5) is 22.0 Å². The first-order chi connectivity index (χ1) is 7.12. The maximum atomic E-state index is 12.8. The number of rotatable bonds is 2. The third-order valence-corrected chi connectivity index (χ3v) is 3.47. The molecule has 0 amide bonds. The van der Waals surface area contributed by atoms with E-state index in [1.54, 1.807) is 0 Å². The normalized spacial score (nSPS) is 32.7. The molecule has 0 aromatic heterocycles. The van der Waals surface area contributed by atoms with Gasteiger partial charge in [0.15, 0.2) is 0 Å². The van der Waals surface area contributed by atoms with E-state index in [1.165, 1.54) is 4.72 Å². The largest absolute Gasteiger partial charge is 0.511 e. The van der Waals surface area contributed by atoms with Crippen molar-refractivity contribution in [1.82, 2.24) is 4.72 Å². The summed E-state index contributed by atoms with van der Waals surface area (Å²) >= 11 is 0. The average molecular weight is 267 g/mol. The molecule has 0 aliphatic heterocycles. The van der Waals surface area contributed by atoms with Gasteiger partial charge in [0.05, 0.1) is 0 Å². The second-order valence-electron chi connectivity index (χ2n) is 3.67. The Morgan fingerprint density at radius 3 is 1.81 bits per heavy atom. The zero-order chi connectivity index (χ0) is 12.6. The summed E-state index contributed by atoms with van der Waals surface area (Å²) in [6.07, 6.45) is -4.51. The summed E-state index contributed by atoms with van der Waals surface area (Å²) in [4.78, 5) is 0. The van der Waals surface area contributed by atoms with E-state index in [-0.39, 0.29) is 0 Å². The van der Waals surface area contributed by atoms with Crippen molar-refractivity contribution in [3.05, 3.63) is 0 Å². The van der Waals surface area contributed by atoms with Crippen molar-refractivity contribution in [3.63, 3.8) is 0 Å². The van der Waals surface area contributed by atoms with Gasteiger partial charge in [-0.1, -0.05) is 0 Å². The second kappa shape index (κ2) is 4.44. The zero-order valence-electron chi connectivity index (χ0n) is 7.97. The van der Waals surface area contributed by atoms with Crippen molar-refractivity contribution in [1.29, 1.82) is 0 Å². The summed E-state index contributed by atoms with van der Waals surface area (Å²) in [5.41, 5.74) is -5.46. The van der Waals surface area contributed by atoms with Gasteiger partial charge in [0.2, 0.25) is 0 Å². The van der Waals surface area contributed by atoms with E-state index in [0.717, 1.165) is 0 Å². The summed E-state index contributed by atoms with van der Waals surface area (Å²) in [7, 11) is -5.53. The SMILES string of the molecule is O=S(=O)(NC1CC(F)CC(F)C1)C(F)(F)F. The Kier molecular flexibility index (Phi) is 3.78. The van der Waals surface area contributed by atoms with Gasteiger partial charge in [0.1, 0.15) is 12.3 Å². The number of nitrogens with one attached hydrogen (secondary N) is 1. The minimum atomic E-state index is -5.53. The fourth-order valence-electron chi connectivity index (χ4n) is 1.57. The van der Waals surface area contributed by atoms with Gasteiger partial charge in [-0.2, -0.15) is 13.2 Å². The van der Waals surface area contributed by atoms with Crippen LogP contribution in [-0.2, 0) is 10.0 Å². The summed E-state index contributed by atoms with van der Waals surface area (Å²) in [5.74, 6) is 0. The molecule has 0 spiro atoms. The molecule has 1 aliphatic rings. The predicted molar refractivity (Wildman–Crippen MR) is 45.5 cm³/mol. The minimum Gasteiger partial charge on any atom is -0.247 e. The van der Waals surface area contributed by atoms with Crippen LogP contribution < -0.4 is 4.72 Å². The quantitative estimate of drug-likeness (QED) is 0.773. The fourth-order valence-corrected chi connectivity index (χ4v) is 2.33. The highest BCUT2D eigenvalue weighted by atomic mass is 32.2. The van der Waals surface area contributed by atoms with Crippen molar-refractivity contribution >= 4 is 10.0 Å². The number of sulfonamides is 1. The van der Waals surface area contributed by atoms with Crippen LogP contribution >= 0.6 is 0 Å².